The quantitative estimate of drug-likeness (QED) is 0.582. The van der Waals surface area contributed by atoms with Gasteiger partial charge in [-0.15, -0.1) is 0 Å². The van der Waals surface area contributed by atoms with E-state index >= 15 is 0 Å². The summed E-state index contributed by atoms with van der Waals surface area (Å²) >= 11 is 5.13. The van der Waals surface area contributed by atoms with Crippen LogP contribution >= 0.6 is 12.2 Å². The molecule has 0 aliphatic heterocycles. The second-order valence-electron chi connectivity index (χ2n) is 6.68. The number of aromatic nitrogens is 2. The van der Waals surface area contributed by atoms with Crippen molar-refractivity contribution in [3.63, 3.8) is 0 Å². The molecule has 4 nitrogen and oxygen atoms in total. The molecule has 0 amide bonds. The molecule has 1 aromatic heterocycles. The van der Waals surface area contributed by atoms with E-state index in [0.29, 0.717) is 10.9 Å². The number of nitrogens with one attached hydrogen (secondary N) is 1. The van der Waals surface area contributed by atoms with E-state index in [9.17, 15) is 4.79 Å². The van der Waals surface area contributed by atoms with Gasteiger partial charge < -0.3 is 9.30 Å². The van der Waals surface area contributed by atoms with Gasteiger partial charge >= 0.3 is 0 Å². The van der Waals surface area contributed by atoms with Crippen LogP contribution in [0.15, 0.2) is 17.1 Å². The summed E-state index contributed by atoms with van der Waals surface area (Å²) < 4.78 is 8.46. The van der Waals surface area contributed by atoms with Gasteiger partial charge in [0.2, 0.25) is 0 Å². The molecule has 1 heterocycles. The van der Waals surface area contributed by atoms with E-state index in [0.717, 1.165) is 37.8 Å². The van der Waals surface area contributed by atoms with E-state index in [-0.39, 0.29) is 5.56 Å². The molecule has 124 valence electrons. The smallest absolute Gasteiger partial charge is 0.251 e. The molecule has 0 radical (unpaired) electrons. The van der Waals surface area contributed by atoms with Crippen LogP contribution in [0.3, 0.4) is 0 Å². The van der Waals surface area contributed by atoms with Crippen LogP contribution < -0.4 is 5.56 Å². The SMILES string of the molecule is CC1CC(C)C(OCCCCCCn2ccc(=O)[nH]c2=S)C1. The first-order chi connectivity index (χ1) is 10.6. The Kier molecular flexibility index (Phi) is 6.83. The van der Waals surface area contributed by atoms with Crippen molar-refractivity contribution in [2.75, 3.05) is 6.61 Å². The molecule has 3 atom stereocenters. The van der Waals surface area contributed by atoms with Gasteiger partial charge in [-0.25, -0.2) is 0 Å². The van der Waals surface area contributed by atoms with Gasteiger partial charge in [0, 0.05) is 25.4 Å². The van der Waals surface area contributed by atoms with Crippen molar-refractivity contribution in [3.05, 3.63) is 27.4 Å². The maximum Gasteiger partial charge on any atom is 0.251 e. The molecular formula is C17H28N2O2S. The van der Waals surface area contributed by atoms with E-state index in [2.05, 4.69) is 18.8 Å². The summed E-state index contributed by atoms with van der Waals surface area (Å²) in [5.74, 6) is 1.54. The molecule has 1 aliphatic rings. The van der Waals surface area contributed by atoms with Crippen LogP contribution in [0.25, 0.3) is 0 Å². The van der Waals surface area contributed by atoms with Crippen molar-refractivity contribution in [1.29, 1.82) is 0 Å². The zero-order chi connectivity index (χ0) is 15.9. The Morgan fingerprint density at radius 2 is 2.05 bits per heavy atom. The molecular weight excluding hydrogens is 296 g/mol. The van der Waals surface area contributed by atoms with Crippen molar-refractivity contribution in [2.45, 2.75) is 65.0 Å². The number of hydrogen-bond acceptors (Lipinski definition) is 3. The lowest BCUT2D eigenvalue weighted by Crippen LogP contribution is -2.16. The molecule has 5 heteroatoms. The Morgan fingerprint density at radius 1 is 1.27 bits per heavy atom. The number of rotatable bonds is 8. The Morgan fingerprint density at radius 3 is 2.73 bits per heavy atom. The number of H-pyrrole nitrogens is 1. The average molecular weight is 324 g/mol. The van der Waals surface area contributed by atoms with Crippen molar-refractivity contribution in [3.8, 4) is 0 Å². The minimum absolute atomic E-state index is 0.131. The van der Waals surface area contributed by atoms with Crippen molar-refractivity contribution >= 4 is 12.2 Å². The fourth-order valence-corrected chi connectivity index (χ4v) is 3.59. The number of unbranched alkanes of at least 4 members (excludes halogenated alkanes) is 3. The minimum atomic E-state index is -0.131. The van der Waals surface area contributed by atoms with Crippen LogP contribution in [0.2, 0.25) is 0 Å². The lowest BCUT2D eigenvalue weighted by molar-refractivity contribution is 0.0291. The van der Waals surface area contributed by atoms with E-state index in [1.807, 2.05) is 4.57 Å². The summed E-state index contributed by atoms with van der Waals surface area (Å²) in [7, 11) is 0. The van der Waals surface area contributed by atoms with Crippen LogP contribution in [0, 0.1) is 16.6 Å². The molecule has 1 N–H and O–H groups in total. The maximum absolute atomic E-state index is 11.1. The second kappa shape index (κ2) is 8.63. The number of aromatic amines is 1. The highest BCUT2D eigenvalue weighted by atomic mass is 32.1. The highest BCUT2D eigenvalue weighted by molar-refractivity contribution is 7.71. The Bertz CT molecular complexity index is 566. The zero-order valence-electron chi connectivity index (χ0n) is 13.7. The van der Waals surface area contributed by atoms with Gasteiger partial charge in [-0.05, 0) is 49.7 Å². The van der Waals surface area contributed by atoms with Crippen molar-refractivity contribution in [1.82, 2.24) is 9.55 Å². The van der Waals surface area contributed by atoms with Crippen LogP contribution in [0.1, 0.15) is 52.4 Å². The fraction of sp³-hybridized carbons (Fsp3) is 0.765. The fourth-order valence-electron chi connectivity index (χ4n) is 3.34. The molecule has 1 aromatic rings. The predicted octanol–water partition coefficient (Wildman–Crippen LogP) is 3.92. The summed E-state index contributed by atoms with van der Waals surface area (Å²) in [6, 6.07) is 1.52. The Hall–Kier alpha value is -0.940. The number of hydrogen-bond donors (Lipinski definition) is 1. The second-order valence-corrected chi connectivity index (χ2v) is 7.07. The summed E-state index contributed by atoms with van der Waals surface area (Å²) in [6.07, 6.45) is 9.36. The third-order valence-corrected chi connectivity index (χ3v) is 4.90. The third-order valence-electron chi connectivity index (χ3n) is 4.57. The number of ether oxygens (including phenoxy) is 1. The standard InChI is InChI=1S/C17H28N2O2S/c1-13-11-14(2)15(12-13)21-10-6-4-3-5-8-19-9-7-16(20)18-17(19)22/h7,9,13-15H,3-6,8,10-12H2,1-2H3,(H,18,20,22). The normalized spacial score (nSPS) is 24.7. The summed E-state index contributed by atoms with van der Waals surface area (Å²) in [5.41, 5.74) is -0.131. The topological polar surface area (TPSA) is 47.0 Å². The maximum atomic E-state index is 11.1. The van der Waals surface area contributed by atoms with Gasteiger partial charge in [0.15, 0.2) is 4.77 Å². The van der Waals surface area contributed by atoms with Crippen molar-refractivity contribution < 1.29 is 4.74 Å². The summed E-state index contributed by atoms with van der Waals surface area (Å²) in [6.45, 7) is 6.39. The first-order valence-corrected chi connectivity index (χ1v) is 8.88. The first-order valence-electron chi connectivity index (χ1n) is 8.47. The monoisotopic (exact) mass is 324 g/mol. The average Bonchev–Trinajstić information content (AvgIpc) is 2.78. The molecule has 1 saturated carbocycles. The van der Waals surface area contributed by atoms with E-state index in [4.69, 9.17) is 17.0 Å². The van der Waals surface area contributed by atoms with E-state index in [1.54, 1.807) is 6.20 Å². The lowest BCUT2D eigenvalue weighted by Gasteiger charge is -2.16. The van der Waals surface area contributed by atoms with Crippen molar-refractivity contribution in [2.24, 2.45) is 11.8 Å². The predicted molar refractivity (Wildman–Crippen MR) is 91.7 cm³/mol. The molecule has 0 saturated heterocycles. The molecule has 2 rings (SSSR count). The van der Waals surface area contributed by atoms with Gasteiger partial charge in [0.1, 0.15) is 0 Å². The highest BCUT2D eigenvalue weighted by Gasteiger charge is 2.28. The highest BCUT2D eigenvalue weighted by Crippen LogP contribution is 2.32. The molecule has 1 aliphatic carbocycles. The molecule has 0 spiro atoms. The van der Waals surface area contributed by atoms with Crippen LogP contribution in [0.5, 0.6) is 0 Å². The van der Waals surface area contributed by atoms with E-state index in [1.165, 1.54) is 31.7 Å². The van der Waals surface area contributed by atoms with E-state index < -0.39 is 0 Å². The van der Waals surface area contributed by atoms with Crippen LogP contribution in [-0.4, -0.2) is 22.3 Å². The van der Waals surface area contributed by atoms with Gasteiger partial charge in [0.25, 0.3) is 5.56 Å². The Balaban J connectivity index is 1.54. The van der Waals surface area contributed by atoms with Gasteiger partial charge in [-0.1, -0.05) is 26.7 Å². The summed E-state index contributed by atoms with van der Waals surface area (Å²) in [4.78, 5) is 13.7. The zero-order valence-corrected chi connectivity index (χ0v) is 14.5. The van der Waals surface area contributed by atoms with Crippen LogP contribution in [-0.2, 0) is 11.3 Å². The largest absolute Gasteiger partial charge is 0.378 e. The number of nitrogens with zero attached hydrogens (tertiary/aromatic N) is 1. The third kappa shape index (κ3) is 5.36. The van der Waals surface area contributed by atoms with Gasteiger partial charge in [-0.3, -0.25) is 9.78 Å². The Labute approximate surface area is 137 Å². The molecule has 0 aromatic carbocycles. The minimum Gasteiger partial charge on any atom is -0.378 e. The molecule has 22 heavy (non-hydrogen) atoms. The number of aryl methyl sites for hydroxylation is 1. The van der Waals surface area contributed by atoms with Crippen LogP contribution in [0.4, 0.5) is 0 Å². The molecule has 3 unspecified atom stereocenters. The molecule has 1 fully saturated rings. The lowest BCUT2D eigenvalue weighted by atomic mass is 10.1. The van der Waals surface area contributed by atoms with Gasteiger partial charge in [0.05, 0.1) is 6.10 Å². The summed E-state index contributed by atoms with van der Waals surface area (Å²) in [5, 5.41) is 0. The molecule has 0 bridgehead atoms. The first kappa shape index (κ1) is 17.4. The van der Waals surface area contributed by atoms with Gasteiger partial charge in [-0.2, -0.15) is 0 Å².